The van der Waals surface area contributed by atoms with Crippen LogP contribution in [0.5, 0.6) is 5.75 Å². The van der Waals surface area contributed by atoms with Crippen LogP contribution in [-0.2, 0) is 6.54 Å². The number of amides is 1. The summed E-state index contributed by atoms with van der Waals surface area (Å²) in [5, 5.41) is 1.06. The van der Waals surface area contributed by atoms with Crippen molar-refractivity contribution in [2.45, 2.75) is 30.3 Å². The number of carbonyl (C=O) groups excluding carboxylic acids is 1. The van der Waals surface area contributed by atoms with Gasteiger partial charge in [0.15, 0.2) is 5.76 Å². The summed E-state index contributed by atoms with van der Waals surface area (Å²) in [6.45, 7) is 0.476. The molecule has 1 aliphatic carbocycles. The Hall–Kier alpha value is -3.25. The Morgan fingerprint density at radius 3 is 2.75 bits per heavy atom. The summed E-state index contributed by atoms with van der Waals surface area (Å²) < 4.78 is 10.9. The second-order valence-corrected chi connectivity index (χ2v) is 8.81. The lowest BCUT2D eigenvalue weighted by Crippen LogP contribution is -2.32. The number of methoxy groups -OCH3 is 1. The van der Waals surface area contributed by atoms with Gasteiger partial charge in [-0.3, -0.25) is 4.79 Å². The lowest BCUT2D eigenvalue weighted by Gasteiger charge is -2.23. The van der Waals surface area contributed by atoms with Crippen LogP contribution < -0.4 is 4.74 Å². The standard InChI is InChI=1S/C26H24N2O3S/c1-30-21-6-3-5-18(14-21)25-19(13-17-8-11-22(32-2)15-23(17)27-25)16-28(20-9-10-20)26(29)24-7-4-12-31-24/h3-8,11-15,20H,9-10,16H2,1-2H3. The van der Waals surface area contributed by atoms with Crippen LogP contribution in [0.4, 0.5) is 0 Å². The zero-order valence-corrected chi connectivity index (χ0v) is 18.9. The number of ether oxygens (including phenoxy) is 1. The van der Waals surface area contributed by atoms with Crippen molar-refractivity contribution in [1.82, 2.24) is 9.88 Å². The van der Waals surface area contributed by atoms with E-state index in [1.807, 2.05) is 29.2 Å². The molecule has 5 rings (SSSR count). The van der Waals surface area contributed by atoms with Crippen molar-refractivity contribution >= 4 is 28.6 Å². The predicted octanol–water partition coefficient (Wildman–Crippen LogP) is 6.03. The number of thioether (sulfide) groups is 1. The Morgan fingerprint density at radius 2 is 2.03 bits per heavy atom. The Bertz CT molecular complexity index is 1270. The molecule has 1 aliphatic rings. The van der Waals surface area contributed by atoms with Crippen molar-refractivity contribution in [2.75, 3.05) is 13.4 Å². The fraction of sp³-hybridized carbons (Fsp3) is 0.231. The second kappa shape index (κ2) is 8.71. The molecule has 0 spiro atoms. The zero-order valence-electron chi connectivity index (χ0n) is 18.1. The van der Waals surface area contributed by atoms with Gasteiger partial charge in [-0.25, -0.2) is 4.98 Å². The minimum absolute atomic E-state index is 0.0769. The van der Waals surface area contributed by atoms with E-state index in [1.165, 1.54) is 4.90 Å². The molecule has 4 aromatic rings. The molecular weight excluding hydrogens is 420 g/mol. The van der Waals surface area contributed by atoms with Crippen LogP contribution in [0.25, 0.3) is 22.2 Å². The summed E-state index contributed by atoms with van der Waals surface area (Å²) in [7, 11) is 1.66. The quantitative estimate of drug-likeness (QED) is 0.326. The fourth-order valence-corrected chi connectivity index (χ4v) is 4.37. The summed E-state index contributed by atoms with van der Waals surface area (Å²) in [6.07, 6.45) is 5.63. The maximum atomic E-state index is 13.2. The molecule has 1 amide bonds. The molecule has 2 aromatic heterocycles. The molecule has 5 nitrogen and oxygen atoms in total. The van der Waals surface area contributed by atoms with Gasteiger partial charge in [0.05, 0.1) is 24.6 Å². The van der Waals surface area contributed by atoms with Crippen LogP contribution in [-0.4, -0.2) is 35.2 Å². The van der Waals surface area contributed by atoms with E-state index in [2.05, 4.69) is 30.5 Å². The van der Waals surface area contributed by atoms with Gasteiger partial charge >= 0.3 is 0 Å². The van der Waals surface area contributed by atoms with Crippen LogP contribution in [0.15, 0.2) is 76.2 Å². The summed E-state index contributed by atoms with van der Waals surface area (Å²) >= 11 is 1.70. The molecule has 32 heavy (non-hydrogen) atoms. The maximum Gasteiger partial charge on any atom is 0.290 e. The molecule has 6 heteroatoms. The molecule has 2 heterocycles. The van der Waals surface area contributed by atoms with Crippen molar-refractivity contribution in [3.05, 3.63) is 78.3 Å². The van der Waals surface area contributed by atoms with Crippen molar-refractivity contribution in [2.24, 2.45) is 0 Å². The van der Waals surface area contributed by atoms with Crippen LogP contribution >= 0.6 is 11.8 Å². The Morgan fingerprint density at radius 1 is 1.16 bits per heavy atom. The molecule has 162 valence electrons. The summed E-state index contributed by atoms with van der Waals surface area (Å²) in [5.74, 6) is 1.07. The SMILES string of the molecule is COc1cccc(-c2nc3cc(SC)ccc3cc2CN(C(=O)c2ccco2)C2CC2)c1. The van der Waals surface area contributed by atoms with Crippen LogP contribution in [0.3, 0.4) is 0 Å². The number of rotatable bonds is 7. The van der Waals surface area contributed by atoms with Gasteiger partial charge in [0.25, 0.3) is 5.91 Å². The van der Waals surface area contributed by atoms with Gasteiger partial charge in [-0.2, -0.15) is 0 Å². The molecule has 0 bridgehead atoms. The van der Waals surface area contributed by atoms with Crippen LogP contribution in [0.1, 0.15) is 29.0 Å². The predicted molar refractivity (Wildman–Crippen MR) is 127 cm³/mol. The summed E-state index contributed by atoms with van der Waals surface area (Å²) in [4.78, 5) is 21.3. The second-order valence-electron chi connectivity index (χ2n) is 7.93. The molecule has 2 aromatic carbocycles. The average molecular weight is 445 g/mol. The Labute approximate surface area is 191 Å². The number of pyridine rings is 1. The van der Waals surface area contributed by atoms with Gasteiger partial charge in [0.1, 0.15) is 5.75 Å². The zero-order chi connectivity index (χ0) is 22.1. The van der Waals surface area contributed by atoms with Gasteiger partial charge < -0.3 is 14.1 Å². The molecule has 0 aliphatic heterocycles. The normalized spacial score (nSPS) is 13.3. The first kappa shape index (κ1) is 20.6. The Balaban J connectivity index is 1.62. The smallest absolute Gasteiger partial charge is 0.290 e. The van der Waals surface area contributed by atoms with Crippen molar-refractivity contribution in [3.8, 4) is 17.0 Å². The fourth-order valence-electron chi connectivity index (χ4n) is 3.94. The van der Waals surface area contributed by atoms with Gasteiger partial charge in [0.2, 0.25) is 0 Å². The van der Waals surface area contributed by atoms with Gasteiger partial charge in [-0.05, 0) is 67.1 Å². The van der Waals surface area contributed by atoms with Gasteiger partial charge in [-0.15, -0.1) is 11.8 Å². The van der Waals surface area contributed by atoms with Crippen molar-refractivity contribution in [3.63, 3.8) is 0 Å². The number of hydrogen-bond acceptors (Lipinski definition) is 5. The first-order valence-electron chi connectivity index (χ1n) is 10.6. The number of aromatic nitrogens is 1. The van der Waals surface area contributed by atoms with Crippen molar-refractivity contribution < 1.29 is 13.9 Å². The monoisotopic (exact) mass is 444 g/mol. The number of hydrogen-bond donors (Lipinski definition) is 0. The summed E-state index contributed by atoms with van der Waals surface area (Å²) in [6, 6.07) is 20.1. The summed E-state index contributed by atoms with van der Waals surface area (Å²) in [5.41, 5.74) is 3.78. The van der Waals surface area contributed by atoms with E-state index >= 15 is 0 Å². The first-order chi connectivity index (χ1) is 15.7. The molecule has 0 atom stereocenters. The Kier molecular flexibility index (Phi) is 5.62. The third-order valence-corrected chi connectivity index (χ3v) is 6.49. The molecule has 1 fully saturated rings. The van der Waals surface area contributed by atoms with E-state index in [1.54, 1.807) is 37.3 Å². The third kappa shape index (κ3) is 4.10. The third-order valence-electron chi connectivity index (χ3n) is 5.77. The maximum absolute atomic E-state index is 13.2. The number of furan rings is 1. The lowest BCUT2D eigenvalue weighted by molar-refractivity contribution is 0.0697. The molecule has 0 N–H and O–H groups in total. The van der Waals surface area contributed by atoms with Gasteiger partial charge in [0, 0.05) is 28.4 Å². The molecule has 1 saturated carbocycles. The number of fused-ring (bicyclic) bond motifs is 1. The highest BCUT2D eigenvalue weighted by atomic mass is 32.2. The van der Waals surface area contributed by atoms with E-state index < -0.39 is 0 Å². The number of nitrogens with zero attached hydrogens (tertiary/aromatic N) is 2. The van der Waals surface area contributed by atoms with E-state index in [0.29, 0.717) is 12.3 Å². The minimum atomic E-state index is -0.0769. The topological polar surface area (TPSA) is 55.6 Å². The van der Waals surface area contributed by atoms with E-state index in [-0.39, 0.29) is 11.9 Å². The van der Waals surface area contributed by atoms with Crippen LogP contribution in [0.2, 0.25) is 0 Å². The largest absolute Gasteiger partial charge is 0.497 e. The molecule has 0 saturated heterocycles. The number of carbonyl (C=O) groups is 1. The highest BCUT2D eigenvalue weighted by Gasteiger charge is 2.34. The lowest BCUT2D eigenvalue weighted by atomic mass is 10.0. The molecular formula is C26H24N2O3S. The highest BCUT2D eigenvalue weighted by molar-refractivity contribution is 7.98. The van der Waals surface area contributed by atoms with Crippen molar-refractivity contribution in [1.29, 1.82) is 0 Å². The van der Waals surface area contributed by atoms with E-state index in [4.69, 9.17) is 14.1 Å². The van der Waals surface area contributed by atoms with Gasteiger partial charge in [-0.1, -0.05) is 18.2 Å². The first-order valence-corrected chi connectivity index (χ1v) is 11.9. The highest BCUT2D eigenvalue weighted by Crippen LogP contribution is 2.34. The number of benzene rings is 2. The van der Waals surface area contributed by atoms with Crippen LogP contribution in [0, 0.1) is 0 Å². The molecule has 0 unspecified atom stereocenters. The minimum Gasteiger partial charge on any atom is -0.497 e. The van der Waals surface area contributed by atoms with E-state index in [0.717, 1.165) is 46.3 Å². The van der Waals surface area contributed by atoms with E-state index in [9.17, 15) is 4.79 Å². The average Bonchev–Trinajstić information content (AvgIpc) is 3.53. The molecule has 0 radical (unpaired) electrons.